The van der Waals surface area contributed by atoms with E-state index >= 15 is 0 Å². The van der Waals surface area contributed by atoms with Crippen LogP contribution >= 0.6 is 0 Å². The van der Waals surface area contributed by atoms with Crippen LogP contribution in [0.3, 0.4) is 0 Å². The van der Waals surface area contributed by atoms with Crippen molar-refractivity contribution >= 4 is 16.9 Å². The Morgan fingerprint density at radius 1 is 1.10 bits per heavy atom. The number of aryl methyl sites for hydroxylation is 1. The second-order valence-electron chi connectivity index (χ2n) is 5.19. The van der Waals surface area contributed by atoms with Crippen LogP contribution in [0.25, 0.3) is 11.0 Å². The van der Waals surface area contributed by atoms with Gasteiger partial charge in [0.2, 0.25) is 5.91 Å². The molecule has 106 valence electrons. The Morgan fingerprint density at radius 2 is 1.70 bits per heavy atom. The molecule has 1 aromatic heterocycles. The van der Waals surface area contributed by atoms with Crippen molar-refractivity contribution in [1.29, 1.82) is 0 Å². The summed E-state index contributed by atoms with van der Waals surface area (Å²) in [6, 6.07) is 7.65. The summed E-state index contributed by atoms with van der Waals surface area (Å²) in [5, 5.41) is 0. The number of amides is 1. The zero-order valence-electron chi connectivity index (χ0n) is 11.7. The number of carbonyl (C=O) groups excluding carboxylic acids is 1. The highest BCUT2D eigenvalue weighted by atomic mass is 16.2. The van der Waals surface area contributed by atoms with Gasteiger partial charge in [0.15, 0.2) is 0 Å². The van der Waals surface area contributed by atoms with E-state index in [9.17, 15) is 9.59 Å². The van der Waals surface area contributed by atoms with Gasteiger partial charge in [-0.3, -0.25) is 13.9 Å². The van der Waals surface area contributed by atoms with Crippen LogP contribution in [0.2, 0.25) is 0 Å². The predicted molar refractivity (Wildman–Crippen MR) is 77.7 cm³/mol. The van der Waals surface area contributed by atoms with E-state index in [1.807, 2.05) is 36.1 Å². The highest BCUT2D eigenvalue weighted by Crippen LogP contribution is 2.14. The molecule has 5 nitrogen and oxygen atoms in total. The van der Waals surface area contributed by atoms with Crippen molar-refractivity contribution in [1.82, 2.24) is 14.0 Å². The fraction of sp³-hybridized carbons (Fsp3) is 0.467. The Kier molecular flexibility index (Phi) is 3.34. The van der Waals surface area contributed by atoms with Gasteiger partial charge < -0.3 is 4.90 Å². The maximum Gasteiger partial charge on any atom is 0.329 e. The summed E-state index contributed by atoms with van der Waals surface area (Å²) in [7, 11) is 0. The number of carbonyl (C=O) groups is 1. The van der Waals surface area contributed by atoms with E-state index in [1.54, 1.807) is 9.13 Å². The van der Waals surface area contributed by atoms with Crippen molar-refractivity contribution in [2.75, 3.05) is 13.1 Å². The highest BCUT2D eigenvalue weighted by Gasteiger charge is 2.20. The van der Waals surface area contributed by atoms with Crippen LogP contribution in [0.15, 0.2) is 29.1 Å². The normalized spacial score (nSPS) is 15.2. The molecule has 1 aromatic carbocycles. The third-order valence-electron chi connectivity index (χ3n) is 3.99. The van der Waals surface area contributed by atoms with Gasteiger partial charge in [-0.15, -0.1) is 0 Å². The number of benzene rings is 1. The van der Waals surface area contributed by atoms with Gasteiger partial charge in [0.1, 0.15) is 6.54 Å². The monoisotopic (exact) mass is 273 g/mol. The van der Waals surface area contributed by atoms with Crippen molar-refractivity contribution in [3.63, 3.8) is 0 Å². The van der Waals surface area contributed by atoms with Gasteiger partial charge in [0, 0.05) is 19.6 Å². The molecule has 3 rings (SSSR count). The van der Waals surface area contributed by atoms with Gasteiger partial charge in [-0.05, 0) is 31.9 Å². The standard InChI is InChI=1S/C15H19N3O2/c1-2-17-12-7-3-4-8-13(12)18(15(17)20)11-14(19)16-9-5-6-10-16/h3-4,7-8H,2,5-6,9-11H2,1H3. The summed E-state index contributed by atoms with van der Waals surface area (Å²) in [5.41, 5.74) is 1.64. The molecular weight excluding hydrogens is 254 g/mol. The quantitative estimate of drug-likeness (QED) is 0.849. The lowest BCUT2D eigenvalue weighted by molar-refractivity contribution is -0.130. The van der Waals surface area contributed by atoms with Crippen LogP contribution < -0.4 is 5.69 Å². The highest BCUT2D eigenvalue weighted by molar-refractivity contribution is 5.81. The summed E-state index contributed by atoms with van der Waals surface area (Å²) in [5.74, 6) is 0.0450. The molecule has 1 saturated heterocycles. The first-order valence-electron chi connectivity index (χ1n) is 7.18. The van der Waals surface area contributed by atoms with E-state index < -0.39 is 0 Å². The Labute approximate surface area is 117 Å². The second-order valence-corrected chi connectivity index (χ2v) is 5.19. The Bertz CT molecular complexity index is 693. The minimum atomic E-state index is -0.0961. The van der Waals surface area contributed by atoms with Crippen molar-refractivity contribution in [2.24, 2.45) is 0 Å². The number of likely N-dealkylation sites (tertiary alicyclic amines) is 1. The van der Waals surface area contributed by atoms with Crippen LogP contribution in [-0.2, 0) is 17.9 Å². The maximum absolute atomic E-state index is 12.4. The van der Waals surface area contributed by atoms with Crippen LogP contribution in [0.1, 0.15) is 19.8 Å². The molecule has 1 fully saturated rings. The third kappa shape index (κ3) is 2.03. The summed E-state index contributed by atoms with van der Waals surface area (Å²) in [6.07, 6.45) is 2.13. The van der Waals surface area contributed by atoms with Crippen molar-refractivity contribution < 1.29 is 4.79 Å². The van der Waals surface area contributed by atoms with Gasteiger partial charge in [-0.25, -0.2) is 4.79 Å². The molecule has 1 aliphatic rings. The van der Waals surface area contributed by atoms with Gasteiger partial charge in [-0.2, -0.15) is 0 Å². The number of hydrogen-bond donors (Lipinski definition) is 0. The average Bonchev–Trinajstić information content (AvgIpc) is 3.07. The SMILES string of the molecule is CCn1c(=O)n(CC(=O)N2CCCC2)c2ccccc21. The first-order chi connectivity index (χ1) is 9.72. The molecule has 2 heterocycles. The molecule has 0 N–H and O–H groups in total. The second kappa shape index (κ2) is 5.15. The van der Waals surface area contributed by atoms with Crippen molar-refractivity contribution in [3.05, 3.63) is 34.7 Å². The lowest BCUT2D eigenvalue weighted by Gasteiger charge is -2.15. The summed E-state index contributed by atoms with van der Waals surface area (Å²) in [6.45, 7) is 4.34. The van der Waals surface area contributed by atoms with Gasteiger partial charge in [0.25, 0.3) is 0 Å². The maximum atomic E-state index is 12.4. The van der Waals surface area contributed by atoms with E-state index in [4.69, 9.17) is 0 Å². The van der Waals surface area contributed by atoms with Crippen molar-refractivity contribution in [3.8, 4) is 0 Å². The molecule has 0 unspecified atom stereocenters. The lowest BCUT2D eigenvalue weighted by Crippen LogP contribution is -2.35. The molecule has 0 spiro atoms. The molecule has 0 aliphatic carbocycles. The number of rotatable bonds is 3. The molecular formula is C15H19N3O2. The number of fused-ring (bicyclic) bond motifs is 1. The van der Waals surface area contributed by atoms with Crippen LogP contribution in [0, 0.1) is 0 Å². The first-order valence-corrected chi connectivity index (χ1v) is 7.18. The first kappa shape index (κ1) is 13.0. The average molecular weight is 273 g/mol. The van der Waals surface area contributed by atoms with Crippen LogP contribution in [0.5, 0.6) is 0 Å². The summed E-state index contributed by atoms with van der Waals surface area (Å²) in [4.78, 5) is 26.5. The zero-order chi connectivity index (χ0) is 14.1. The lowest BCUT2D eigenvalue weighted by atomic mass is 10.3. The number of para-hydroxylation sites is 2. The van der Waals surface area contributed by atoms with E-state index in [0.717, 1.165) is 37.0 Å². The molecule has 0 bridgehead atoms. The number of aromatic nitrogens is 2. The Balaban J connectivity index is 2.00. The molecule has 0 radical (unpaired) electrons. The third-order valence-corrected chi connectivity index (χ3v) is 3.99. The van der Waals surface area contributed by atoms with Crippen LogP contribution in [0.4, 0.5) is 0 Å². The van der Waals surface area contributed by atoms with Crippen LogP contribution in [-0.4, -0.2) is 33.0 Å². The van der Waals surface area contributed by atoms with Gasteiger partial charge in [-0.1, -0.05) is 12.1 Å². The fourth-order valence-electron chi connectivity index (χ4n) is 2.93. The smallest absolute Gasteiger partial charge is 0.329 e. The molecule has 5 heteroatoms. The molecule has 1 aliphatic heterocycles. The number of nitrogens with zero attached hydrogens (tertiary/aromatic N) is 3. The van der Waals surface area contributed by atoms with E-state index in [2.05, 4.69) is 0 Å². The number of imidazole rings is 1. The largest absolute Gasteiger partial charge is 0.341 e. The van der Waals surface area contributed by atoms with Crippen molar-refractivity contribution in [2.45, 2.75) is 32.9 Å². The fourth-order valence-corrected chi connectivity index (χ4v) is 2.93. The van der Waals surface area contributed by atoms with E-state index in [0.29, 0.717) is 6.54 Å². The molecule has 1 amide bonds. The minimum Gasteiger partial charge on any atom is -0.341 e. The van der Waals surface area contributed by atoms with E-state index in [-0.39, 0.29) is 18.1 Å². The number of hydrogen-bond acceptors (Lipinski definition) is 2. The van der Waals surface area contributed by atoms with Gasteiger partial charge >= 0.3 is 5.69 Å². The molecule has 0 saturated carbocycles. The molecule has 0 atom stereocenters. The molecule has 20 heavy (non-hydrogen) atoms. The Hall–Kier alpha value is -2.04. The summed E-state index contributed by atoms with van der Waals surface area (Å²) >= 11 is 0. The Morgan fingerprint density at radius 3 is 2.30 bits per heavy atom. The summed E-state index contributed by atoms with van der Waals surface area (Å²) < 4.78 is 3.31. The van der Waals surface area contributed by atoms with E-state index in [1.165, 1.54) is 0 Å². The molecule has 2 aromatic rings. The zero-order valence-corrected chi connectivity index (χ0v) is 11.7. The minimum absolute atomic E-state index is 0.0450. The van der Waals surface area contributed by atoms with Gasteiger partial charge in [0.05, 0.1) is 11.0 Å². The topological polar surface area (TPSA) is 47.2 Å². The predicted octanol–water partition coefficient (Wildman–Crippen LogP) is 1.45.